The van der Waals surface area contributed by atoms with Gasteiger partial charge in [0.2, 0.25) is 0 Å². The minimum atomic E-state index is -4.29. The Hall–Kier alpha value is -2.63. The Morgan fingerprint density at radius 2 is 1.46 bits per heavy atom. The summed E-state index contributed by atoms with van der Waals surface area (Å²) in [5, 5.41) is 0. The van der Waals surface area contributed by atoms with Gasteiger partial charge in [-0.05, 0) is 25.0 Å². The maximum Gasteiger partial charge on any atom is 0.393 e. The van der Waals surface area contributed by atoms with E-state index in [9.17, 15) is 22.8 Å². The SMILES string of the molecule is O=C(c1ccccc1)c1ccc(C(=O)N2CCC[C@H](C(F)(F)F)C2)cc1. The van der Waals surface area contributed by atoms with Gasteiger partial charge in [0.1, 0.15) is 0 Å². The van der Waals surface area contributed by atoms with Crippen molar-refractivity contribution in [3.8, 4) is 0 Å². The fraction of sp³-hybridized carbons (Fsp3) is 0.300. The minimum absolute atomic E-state index is 0.0534. The van der Waals surface area contributed by atoms with Crippen molar-refractivity contribution in [2.75, 3.05) is 13.1 Å². The summed E-state index contributed by atoms with van der Waals surface area (Å²) in [6, 6.07) is 14.8. The van der Waals surface area contributed by atoms with Gasteiger partial charge in [-0.15, -0.1) is 0 Å². The van der Waals surface area contributed by atoms with Gasteiger partial charge in [-0.2, -0.15) is 13.2 Å². The van der Waals surface area contributed by atoms with E-state index in [1.165, 1.54) is 29.2 Å². The smallest absolute Gasteiger partial charge is 0.338 e. The van der Waals surface area contributed by atoms with Crippen molar-refractivity contribution in [3.05, 3.63) is 71.3 Å². The van der Waals surface area contributed by atoms with Crippen molar-refractivity contribution in [3.63, 3.8) is 0 Å². The number of hydrogen-bond acceptors (Lipinski definition) is 2. The lowest BCUT2D eigenvalue weighted by Gasteiger charge is -2.33. The largest absolute Gasteiger partial charge is 0.393 e. The molecular weight excluding hydrogens is 343 g/mol. The zero-order valence-electron chi connectivity index (χ0n) is 14.0. The van der Waals surface area contributed by atoms with Gasteiger partial charge in [0.05, 0.1) is 5.92 Å². The zero-order valence-corrected chi connectivity index (χ0v) is 14.0. The molecule has 1 saturated heterocycles. The third-order valence-corrected chi connectivity index (χ3v) is 4.60. The van der Waals surface area contributed by atoms with Gasteiger partial charge in [0.15, 0.2) is 5.78 Å². The molecule has 2 aromatic carbocycles. The number of alkyl halides is 3. The van der Waals surface area contributed by atoms with E-state index in [2.05, 4.69) is 0 Å². The average molecular weight is 361 g/mol. The molecular formula is C20H18F3NO2. The average Bonchev–Trinajstić information content (AvgIpc) is 2.67. The molecule has 3 nitrogen and oxygen atoms in total. The lowest BCUT2D eigenvalue weighted by molar-refractivity contribution is -0.184. The van der Waals surface area contributed by atoms with Gasteiger partial charge in [-0.1, -0.05) is 42.5 Å². The highest BCUT2D eigenvalue weighted by atomic mass is 19.4. The standard InChI is InChI=1S/C20H18F3NO2/c21-20(22,23)17-7-4-12-24(13-17)19(26)16-10-8-15(9-11-16)18(25)14-5-2-1-3-6-14/h1-3,5-6,8-11,17H,4,7,12-13H2/t17-/m0/s1. The first-order valence-corrected chi connectivity index (χ1v) is 8.42. The van der Waals surface area contributed by atoms with Crippen LogP contribution in [0, 0.1) is 5.92 Å². The van der Waals surface area contributed by atoms with Crippen LogP contribution >= 0.6 is 0 Å². The Bertz CT molecular complexity index is 785. The van der Waals surface area contributed by atoms with Crippen LogP contribution < -0.4 is 0 Å². The predicted molar refractivity (Wildman–Crippen MR) is 91.0 cm³/mol. The van der Waals surface area contributed by atoms with Crippen LogP contribution in [-0.4, -0.2) is 35.9 Å². The molecule has 0 bridgehead atoms. The number of likely N-dealkylation sites (tertiary alicyclic amines) is 1. The Labute approximate surface area is 149 Å². The molecule has 1 fully saturated rings. The monoisotopic (exact) mass is 361 g/mol. The van der Waals surface area contributed by atoms with E-state index in [1.54, 1.807) is 24.3 Å². The third kappa shape index (κ3) is 3.95. The van der Waals surface area contributed by atoms with E-state index in [-0.39, 0.29) is 24.3 Å². The van der Waals surface area contributed by atoms with Crippen LogP contribution in [0.3, 0.4) is 0 Å². The lowest BCUT2D eigenvalue weighted by atomic mass is 9.96. The summed E-state index contributed by atoms with van der Waals surface area (Å²) in [7, 11) is 0. The molecule has 0 saturated carbocycles. The van der Waals surface area contributed by atoms with E-state index < -0.39 is 18.0 Å². The van der Waals surface area contributed by atoms with Crippen LogP contribution in [0.1, 0.15) is 39.1 Å². The van der Waals surface area contributed by atoms with E-state index in [0.717, 1.165) is 0 Å². The fourth-order valence-corrected chi connectivity index (χ4v) is 3.13. The molecule has 0 aliphatic carbocycles. The molecule has 1 amide bonds. The van der Waals surface area contributed by atoms with Gasteiger partial charge in [-0.3, -0.25) is 9.59 Å². The number of amides is 1. The molecule has 0 spiro atoms. The summed E-state index contributed by atoms with van der Waals surface area (Å²) in [5.41, 5.74) is 1.26. The second kappa shape index (κ2) is 7.32. The Balaban J connectivity index is 1.72. The number of benzene rings is 2. The Kier molecular flexibility index (Phi) is 5.11. The second-order valence-corrected chi connectivity index (χ2v) is 6.40. The van der Waals surface area contributed by atoms with Crippen LogP contribution in [0.4, 0.5) is 13.2 Å². The molecule has 0 radical (unpaired) electrons. The Morgan fingerprint density at radius 3 is 2.08 bits per heavy atom. The number of halogens is 3. The van der Waals surface area contributed by atoms with Crippen molar-refractivity contribution < 1.29 is 22.8 Å². The van der Waals surface area contributed by atoms with E-state index >= 15 is 0 Å². The van der Waals surface area contributed by atoms with Gasteiger partial charge in [-0.25, -0.2) is 0 Å². The number of hydrogen-bond donors (Lipinski definition) is 0. The first-order chi connectivity index (χ1) is 12.4. The molecule has 1 heterocycles. The molecule has 1 atom stereocenters. The molecule has 0 unspecified atom stereocenters. The number of ketones is 1. The van der Waals surface area contributed by atoms with Crippen molar-refractivity contribution >= 4 is 11.7 Å². The predicted octanol–water partition coefficient (Wildman–Crippen LogP) is 4.33. The summed E-state index contributed by atoms with van der Waals surface area (Å²) >= 11 is 0. The highest BCUT2D eigenvalue weighted by Gasteiger charge is 2.42. The number of nitrogens with zero attached hydrogens (tertiary/aromatic N) is 1. The molecule has 26 heavy (non-hydrogen) atoms. The molecule has 3 rings (SSSR count). The van der Waals surface area contributed by atoms with Crippen LogP contribution in [0.2, 0.25) is 0 Å². The normalized spacial score (nSPS) is 17.8. The van der Waals surface area contributed by atoms with Gasteiger partial charge in [0.25, 0.3) is 5.91 Å². The topological polar surface area (TPSA) is 37.4 Å². The van der Waals surface area contributed by atoms with Crippen LogP contribution in [0.25, 0.3) is 0 Å². The lowest BCUT2D eigenvalue weighted by Crippen LogP contribution is -2.44. The van der Waals surface area contributed by atoms with E-state index in [0.29, 0.717) is 24.1 Å². The van der Waals surface area contributed by atoms with E-state index in [1.807, 2.05) is 6.07 Å². The highest BCUT2D eigenvalue weighted by molar-refractivity contribution is 6.09. The van der Waals surface area contributed by atoms with Crippen LogP contribution in [0.15, 0.2) is 54.6 Å². The summed E-state index contributed by atoms with van der Waals surface area (Å²) in [4.78, 5) is 26.1. The second-order valence-electron chi connectivity index (χ2n) is 6.40. The van der Waals surface area contributed by atoms with Crippen molar-refractivity contribution in [1.82, 2.24) is 4.90 Å². The number of piperidine rings is 1. The molecule has 136 valence electrons. The van der Waals surface area contributed by atoms with Crippen LogP contribution in [0.5, 0.6) is 0 Å². The first-order valence-electron chi connectivity index (χ1n) is 8.42. The van der Waals surface area contributed by atoms with Crippen molar-refractivity contribution in [2.24, 2.45) is 5.92 Å². The van der Waals surface area contributed by atoms with Gasteiger partial charge >= 0.3 is 6.18 Å². The molecule has 1 aliphatic rings. The molecule has 0 aromatic heterocycles. The highest BCUT2D eigenvalue weighted by Crippen LogP contribution is 2.33. The summed E-state index contributed by atoms with van der Waals surface area (Å²) in [6.07, 6.45) is -3.90. The molecule has 2 aromatic rings. The summed E-state index contributed by atoms with van der Waals surface area (Å²) in [6.45, 7) is 0.00312. The third-order valence-electron chi connectivity index (χ3n) is 4.60. The molecule has 1 aliphatic heterocycles. The number of rotatable bonds is 3. The van der Waals surface area contributed by atoms with E-state index in [4.69, 9.17) is 0 Å². The number of carbonyl (C=O) groups excluding carboxylic acids is 2. The quantitative estimate of drug-likeness (QED) is 0.763. The zero-order chi connectivity index (χ0) is 18.7. The van der Waals surface area contributed by atoms with Crippen molar-refractivity contribution in [2.45, 2.75) is 19.0 Å². The summed E-state index contributed by atoms with van der Waals surface area (Å²) in [5.74, 6) is -2.07. The summed E-state index contributed by atoms with van der Waals surface area (Å²) < 4.78 is 38.7. The molecule has 6 heteroatoms. The minimum Gasteiger partial charge on any atom is -0.338 e. The Morgan fingerprint density at radius 1 is 0.885 bits per heavy atom. The van der Waals surface area contributed by atoms with Crippen LogP contribution in [-0.2, 0) is 0 Å². The van der Waals surface area contributed by atoms with Crippen molar-refractivity contribution in [1.29, 1.82) is 0 Å². The van der Waals surface area contributed by atoms with Gasteiger partial charge in [0, 0.05) is 29.8 Å². The maximum atomic E-state index is 12.9. The maximum absolute atomic E-state index is 12.9. The molecule has 0 N–H and O–H groups in total. The van der Waals surface area contributed by atoms with Gasteiger partial charge < -0.3 is 4.90 Å². The first kappa shape index (κ1) is 18.2. The fourth-order valence-electron chi connectivity index (χ4n) is 3.13. The number of carbonyl (C=O) groups is 2.